The molecule has 6 nitrogen and oxygen atoms in total. The zero-order chi connectivity index (χ0) is 16.4. The van der Waals surface area contributed by atoms with Gasteiger partial charge in [-0.2, -0.15) is 0 Å². The van der Waals surface area contributed by atoms with Crippen molar-refractivity contribution >= 4 is 28.3 Å². The first kappa shape index (κ1) is 15.7. The van der Waals surface area contributed by atoms with Gasteiger partial charge in [0.15, 0.2) is 0 Å². The number of nitrogens with zero attached hydrogens (tertiary/aromatic N) is 2. The molecule has 122 valence electrons. The lowest BCUT2D eigenvalue weighted by Gasteiger charge is -2.20. The average molecular weight is 332 g/mol. The van der Waals surface area contributed by atoms with Crippen LogP contribution in [0.1, 0.15) is 44.4 Å². The molecule has 1 aliphatic rings. The zero-order valence-electron chi connectivity index (χ0n) is 13.4. The Hall–Kier alpha value is -2.15. The van der Waals surface area contributed by atoms with Gasteiger partial charge in [-0.05, 0) is 56.9 Å². The van der Waals surface area contributed by atoms with E-state index in [9.17, 15) is 4.79 Å². The van der Waals surface area contributed by atoms with Crippen LogP contribution >= 0.6 is 11.5 Å². The van der Waals surface area contributed by atoms with Crippen LogP contribution in [-0.2, 0) is 11.2 Å². The number of rotatable bonds is 3. The van der Waals surface area contributed by atoms with Crippen molar-refractivity contribution in [3.8, 4) is 0 Å². The number of hydrogen-bond acceptors (Lipinski definition) is 6. The molecule has 0 saturated heterocycles. The Labute approximate surface area is 139 Å². The lowest BCUT2D eigenvalue weighted by atomic mass is 10.1. The fourth-order valence-electron chi connectivity index (χ4n) is 2.67. The monoisotopic (exact) mass is 332 g/mol. The van der Waals surface area contributed by atoms with Gasteiger partial charge in [0.1, 0.15) is 10.6 Å². The van der Waals surface area contributed by atoms with E-state index >= 15 is 0 Å². The van der Waals surface area contributed by atoms with Gasteiger partial charge in [-0.1, -0.05) is 10.6 Å². The van der Waals surface area contributed by atoms with Gasteiger partial charge in [0.25, 0.3) is 0 Å². The molecule has 1 atom stereocenters. The van der Waals surface area contributed by atoms with Crippen LogP contribution < -0.4 is 10.6 Å². The second-order valence-electron chi connectivity index (χ2n) is 6.56. The second-order valence-corrected chi connectivity index (χ2v) is 7.34. The molecule has 1 unspecified atom stereocenters. The van der Waals surface area contributed by atoms with Crippen LogP contribution in [0.15, 0.2) is 24.4 Å². The van der Waals surface area contributed by atoms with Crippen LogP contribution in [0, 0.1) is 0 Å². The fourth-order valence-corrected chi connectivity index (χ4v) is 3.14. The van der Waals surface area contributed by atoms with Crippen molar-refractivity contribution < 1.29 is 9.53 Å². The van der Waals surface area contributed by atoms with Gasteiger partial charge in [-0.25, -0.2) is 4.79 Å². The van der Waals surface area contributed by atoms with E-state index in [4.69, 9.17) is 4.74 Å². The van der Waals surface area contributed by atoms with Crippen molar-refractivity contribution in [1.29, 1.82) is 0 Å². The summed E-state index contributed by atoms with van der Waals surface area (Å²) >= 11 is 1.36. The molecule has 3 rings (SSSR count). The SMILES string of the molecule is CC(C)(C)OC(=O)Nc1ccc2c(c1)CCC2Nc1cnns1. The molecule has 0 spiro atoms. The van der Waals surface area contributed by atoms with E-state index in [2.05, 4.69) is 26.3 Å². The molecular formula is C16H20N4O2S. The molecule has 2 aromatic rings. The van der Waals surface area contributed by atoms with Crippen molar-refractivity contribution in [1.82, 2.24) is 9.59 Å². The van der Waals surface area contributed by atoms with E-state index in [-0.39, 0.29) is 6.04 Å². The molecule has 1 aromatic heterocycles. The van der Waals surface area contributed by atoms with Gasteiger partial charge < -0.3 is 10.1 Å². The van der Waals surface area contributed by atoms with Gasteiger partial charge in [-0.3, -0.25) is 5.32 Å². The topological polar surface area (TPSA) is 76.1 Å². The van der Waals surface area contributed by atoms with Crippen LogP contribution in [0.25, 0.3) is 0 Å². The summed E-state index contributed by atoms with van der Waals surface area (Å²) in [6.45, 7) is 5.54. The third-order valence-electron chi connectivity index (χ3n) is 3.54. The molecule has 0 fully saturated rings. The zero-order valence-corrected chi connectivity index (χ0v) is 14.2. The summed E-state index contributed by atoms with van der Waals surface area (Å²) in [6, 6.07) is 6.25. The molecule has 1 aliphatic carbocycles. The number of amides is 1. The van der Waals surface area contributed by atoms with Crippen LogP contribution in [0.2, 0.25) is 0 Å². The number of aryl methyl sites for hydroxylation is 1. The second kappa shape index (κ2) is 6.16. The van der Waals surface area contributed by atoms with Crippen LogP contribution in [0.3, 0.4) is 0 Å². The van der Waals surface area contributed by atoms with Crippen molar-refractivity contribution in [2.75, 3.05) is 10.6 Å². The number of hydrogen-bond donors (Lipinski definition) is 2. The lowest BCUT2D eigenvalue weighted by Crippen LogP contribution is -2.27. The summed E-state index contributed by atoms with van der Waals surface area (Å²) in [5.41, 5.74) is 2.76. The molecule has 0 aliphatic heterocycles. The highest BCUT2D eigenvalue weighted by Crippen LogP contribution is 2.35. The third-order valence-corrected chi connectivity index (χ3v) is 4.14. The largest absolute Gasteiger partial charge is 0.444 e. The summed E-state index contributed by atoms with van der Waals surface area (Å²) in [7, 11) is 0. The third kappa shape index (κ3) is 3.98. The molecule has 0 radical (unpaired) electrons. The number of fused-ring (bicyclic) bond motifs is 1. The molecule has 1 heterocycles. The first-order chi connectivity index (χ1) is 10.9. The Bertz CT molecular complexity index is 695. The molecule has 7 heteroatoms. The van der Waals surface area contributed by atoms with Gasteiger partial charge in [0, 0.05) is 17.2 Å². The Morgan fingerprint density at radius 2 is 2.22 bits per heavy atom. The molecular weight excluding hydrogens is 312 g/mol. The molecule has 1 aromatic carbocycles. The first-order valence-electron chi connectivity index (χ1n) is 7.57. The maximum absolute atomic E-state index is 11.8. The number of carbonyl (C=O) groups is 1. The first-order valence-corrected chi connectivity index (χ1v) is 8.35. The highest BCUT2D eigenvalue weighted by atomic mass is 32.1. The van der Waals surface area contributed by atoms with Gasteiger partial charge in [0.2, 0.25) is 0 Å². The summed E-state index contributed by atoms with van der Waals surface area (Å²) in [4.78, 5) is 11.8. The van der Waals surface area contributed by atoms with Gasteiger partial charge in [0.05, 0.1) is 12.2 Å². The van der Waals surface area contributed by atoms with E-state index in [0.717, 1.165) is 23.5 Å². The normalized spacial score (nSPS) is 16.7. The van der Waals surface area contributed by atoms with E-state index in [1.807, 2.05) is 32.9 Å². The number of anilines is 2. The van der Waals surface area contributed by atoms with Crippen molar-refractivity contribution in [3.63, 3.8) is 0 Å². The summed E-state index contributed by atoms with van der Waals surface area (Å²) < 4.78 is 9.14. The number of nitrogens with one attached hydrogen (secondary N) is 2. The maximum Gasteiger partial charge on any atom is 0.412 e. The minimum absolute atomic E-state index is 0.267. The van der Waals surface area contributed by atoms with E-state index in [1.54, 1.807) is 6.20 Å². The van der Waals surface area contributed by atoms with Crippen LogP contribution in [-0.4, -0.2) is 21.3 Å². The minimum Gasteiger partial charge on any atom is -0.444 e. The number of carbonyl (C=O) groups excluding carboxylic acids is 1. The quantitative estimate of drug-likeness (QED) is 0.889. The highest BCUT2D eigenvalue weighted by molar-refractivity contribution is 7.09. The fraction of sp³-hybridized carbons (Fsp3) is 0.438. The van der Waals surface area contributed by atoms with E-state index in [1.165, 1.54) is 22.7 Å². The standard InChI is InChI=1S/C16H20N4O2S/c1-16(2,3)22-15(21)18-11-5-6-12-10(8-11)4-7-13(12)19-14-9-17-20-23-14/h5-6,8-9,13,19H,4,7H2,1-3H3,(H,18,21). The smallest absolute Gasteiger partial charge is 0.412 e. The predicted molar refractivity (Wildman–Crippen MR) is 90.9 cm³/mol. The van der Waals surface area contributed by atoms with Crippen molar-refractivity contribution in [3.05, 3.63) is 35.5 Å². The molecule has 0 bridgehead atoms. The number of ether oxygens (including phenoxy) is 1. The number of benzene rings is 1. The van der Waals surface area contributed by atoms with Crippen molar-refractivity contribution in [2.45, 2.75) is 45.3 Å². The number of aromatic nitrogens is 2. The maximum atomic E-state index is 11.8. The molecule has 2 N–H and O–H groups in total. The minimum atomic E-state index is -0.501. The van der Waals surface area contributed by atoms with E-state index in [0.29, 0.717) is 0 Å². The summed E-state index contributed by atoms with van der Waals surface area (Å²) in [6.07, 6.45) is 3.30. The van der Waals surface area contributed by atoms with Gasteiger partial charge in [-0.15, -0.1) is 5.10 Å². The van der Waals surface area contributed by atoms with Crippen LogP contribution in [0.4, 0.5) is 15.5 Å². The highest BCUT2D eigenvalue weighted by Gasteiger charge is 2.23. The Morgan fingerprint density at radius 1 is 1.39 bits per heavy atom. The Kier molecular flexibility index (Phi) is 4.21. The van der Waals surface area contributed by atoms with Crippen LogP contribution in [0.5, 0.6) is 0 Å². The lowest BCUT2D eigenvalue weighted by molar-refractivity contribution is 0.0636. The average Bonchev–Trinajstić information content (AvgIpc) is 3.07. The summed E-state index contributed by atoms with van der Waals surface area (Å²) in [5.74, 6) is 0. The summed E-state index contributed by atoms with van der Waals surface area (Å²) in [5, 5.41) is 11.1. The van der Waals surface area contributed by atoms with Gasteiger partial charge >= 0.3 is 6.09 Å². The molecule has 1 amide bonds. The Morgan fingerprint density at radius 3 is 2.91 bits per heavy atom. The predicted octanol–water partition coefficient (Wildman–Crippen LogP) is 3.98. The Balaban J connectivity index is 1.68. The molecule has 0 saturated carbocycles. The molecule has 23 heavy (non-hydrogen) atoms. The van der Waals surface area contributed by atoms with Crippen molar-refractivity contribution in [2.24, 2.45) is 0 Å². The van der Waals surface area contributed by atoms with E-state index < -0.39 is 11.7 Å².